The second-order valence-corrected chi connectivity index (χ2v) is 9.18. The number of hydrogen-bond acceptors (Lipinski definition) is 7. The molecule has 0 atom stereocenters. The predicted octanol–water partition coefficient (Wildman–Crippen LogP) is 2.84. The third-order valence-electron chi connectivity index (χ3n) is 6.04. The maximum absolute atomic E-state index is 13.1. The molecule has 0 spiro atoms. The predicted molar refractivity (Wildman–Crippen MR) is 123 cm³/mol. The second kappa shape index (κ2) is 7.93. The van der Waals surface area contributed by atoms with Gasteiger partial charge in [0.2, 0.25) is 5.91 Å². The van der Waals surface area contributed by atoms with Gasteiger partial charge in [-0.1, -0.05) is 0 Å². The van der Waals surface area contributed by atoms with E-state index in [2.05, 4.69) is 32.1 Å². The molecule has 0 aromatic carbocycles. The number of piperidine rings is 1. The van der Waals surface area contributed by atoms with E-state index in [1.165, 1.54) is 0 Å². The number of carbonyl (C=O) groups is 1. The van der Waals surface area contributed by atoms with Gasteiger partial charge in [-0.3, -0.25) is 9.89 Å². The van der Waals surface area contributed by atoms with Crippen molar-refractivity contribution >= 4 is 44.3 Å². The number of hydrogen-bond donors (Lipinski definition) is 3. The highest BCUT2D eigenvalue weighted by molar-refractivity contribution is 7.23. The number of carbonyl (C=O) groups excluding carboxylic acids is 1. The molecule has 1 aliphatic heterocycles. The number of imidazole rings is 1. The van der Waals surface area contributed by atoms with Gasteiger partial charge in [0, 0.05) is 18.7 Å². The van der Waals surface area contributed by atoms with Crippen LogP contribution in [0.2, 0.25) is 0 Å². The fraction of sp³-hybridized carbons (Fsp3) is 0.429. The molecule has 4 aromatic rings. The van der Waals surface area contributed by atoms with Crippen molar-refractivity contribution < 1.29 is 4.79 Å². The van der Waals surface area contributed by atoms with Gasteiger partial charge in [-0.2, -0.15) is 5.10 Å². The number of rotatable bonds is 5. The highest BCUT2D eigenvalue weighted by Crippen LogP contribution is 2.37. The number of nitrogen functional groups attached to an aromatic ring is 1. The molecular formula is C21H26N8OS. The Labute approximate surface area is 183 Å². The highest BCUT2D eigenvalue weighted by Gasteiger charge is 2.27. The Balaban J connectivity index is 1.45. The van der Waals surface area contributed by atoms with Gasteiger partial charge in [-0.15, -0.1) is 11.3 Å². The second-order valence-electron chi connectivity index (χ2n) is 8.13. The number of amides is 1. The molecule has 4 aromatic heterocycles. The third kappa shape index (κ3) is 3.66. The van der Waals surface area contributed by atoms with Crippen LogP contribution in [-0.4, -0.2) is 67.5 Å². The summed E-state index contributed by atoms with van der Waals surface area (Å²) in [6, 6.07) is 3.93. The molecule has 1 amide bonds. The highest BCUT2D eigenvalue weighted by atomic mass is 32.1. The largest absolute Gasteiger partial charge is 0.382 e. The lowest BCUT2D eigenvalue weighted by Gasteiger charge is -2.31. The van der Waals surface area contributed by atoms with Crippen LogP contribution < -0.4 is 5.73 Å². The first-order chi connectivity index (χ1) is 15.0. The van der Waals surface area contributed by atoms with Crippen LogP contribution in [0.25, 0.3) is 31.8 Å². The number of aromatic amines is 2. The van der Waals surface area contributed by atoms with E-state index >= 15 is 0 Å². The van der Waals surface area contributed by atoms with Crippen LogP contribution in [0.1, 0.15) is 25.6 Å². The quantitative estimate of drug-likeness (QED) is 0.441. The molecule has 4 N–H and O–H groups in total. The molecule has 0 unspecified atom stereocenters. The molecule has 0 radical (unpaired) electrons. The smallest absolute Gasteiger partial charge is 0.226 e. The van der Waals surface area contributed by atoms with Crippen molar-refractivity contribution in [1.29, 1.82) is 0 Å². The number of nitrogens with two attached hydrogens (primary N) is 1. The lowest BCUT2D eigenvalue weighted by Crippen LogP contribution is -2.41. The first-order valence-electron chi connectivity index (χ1n) is 10.6. The van der Waals surface area contributed by atoms with Crippen molar-refractivity contribution in [2.24, 2.45) is 5.92 Å². The summed E-state index contributed by atoms with van der Waals surface area (Å²) in [6.45, 7) is 5.04. The van der Waals surface area contributed by atoms with Gasteiger partial charge in [0.1, 0.15) is 11.3 Å². The first-order valence-corrected chi connectivity index (χ1v) is 11.4. The molecule has 1 saturated heterocycles. The number of aromatic nitrogens is 5. The fourth-order valence-corrected chi connectivity index (χ4v) is 5.31. The Morgan fingerprint density at radius 3 is 2.87 bits per heavy atom. The van der Waals surface area contributed by atoms with Crippen LogP contribution in [-0.2, 0) is 11.3 Å². The fourth-order valence-electron chi connectivity index (χ4n) is 4.24. The zero-order chi connectivity index (χ0) is 21.5. The average Bonchev–Trinajstić information content (AvgIpc) is 3.51. The summed E-state index contributed by atoms with van der Waals surface area (Å²) in [5.41, 5.74) is 9.51. The Kier molecular flexibility index (Phi) is 5.11. The monoisotopic (exact) mass is 438 g/mol. The number of nitrogens with zero attached hydrogens (tertiary/aromatic N) is 5. The molecule has 0 bridgehead atoms. The van der Waals surface area contributed by atoms with Crippen molar-refractivity contribution in [3.63, 3.8) is 0 Å². The topological polar surface area (TPSA) is 120 Å². The van der Waals surface area contributed by atoms with Gasteiger partial charge in [0.25, 0.3) is 0 Å². The van der Waals surface area contributed by atoms with Crippen molar-refractivity contribution in [3.8, 4) is 10.6 Å². The normalized spacial score (nSPS) is 15.8. The third-order valence-corrected chi connectivity index (χ3v) is 7.22. The maximum Gasteiger partial charge on any atom is 0.226 e. The molecule has 1 fully saturated rings. The number of H-pyrrole nitrogens is 2. The summed E-state index contributed by atoms with van der Waals surface area (Å²) in [6.07, 6.45) is 3.55. The summed E-state index contributed by atoms with van der Waals surface area (Å²) in [4.78, 5) is 31.0. The number of anilines is 1. The zero-order valence-corrected chi connectivity index (χ0v) is 18.5. The summed E-state index contributed by atoms with van der Waals surface area (Å²) in [5, 5.41) is 7.02. The van der Waals surface area contributed by atoms with Crippen LogP contribution in [0.3, 0.4) is 0 Å². The molecule has 0 aliphatic carbocycles. The minimum absolute atomic E-state index is 0.0910. The van der Waals surface area contributed by atoms with Crippen molar-refractivity contribution in [1.82, 2.24) is 34.9 Å². The number of thiophene rings is 1. The van der Waals surface area contributed by atoms with Gasteiger partial charge in [-0.05, 0) is 52.0 Å². The van der Waals surface area contributed by atoms with Gasteiger partial charge in [-0.25, -0.2) is 9.97 Å². The molecule has 0 saturated carbocycles. The Morgan fingerprint density at radius 1 is 1.35 bits per heavy atom. The van der Waals surface area contributed by atoms with Crippen molar-refractivity contribution in [2.45, 2.75) is 26.3 Å². The number of pyridine rings is 1. The van der Waals surface area contributed by atoms with Crippen molar-refractivity contribution in [3.05, 3.63) is 24.2 Å². The van der Waals surface area contributed by atoms with Crippen LogP contribution in [0.4, 0.5) is 5.82 Å². The summed E-state index contributed by atoms with van der Waals surface area (Å²) >= 11 is 1.61. The van der Waals surface area contributed by atoms with E-state index in [0.29, 0.717) is 24.4 Å². The lowest BCUT2D eigenvalue weighted by atomic mass is 9.95. The lowest BCUT2D eigenvalue weighted by molar-refractivity contribution is -0.137. The minimum atomic E-state index is 0.0910. The Bertz CT molecular complexity index is 1220. The van der Waals surface area contributed by atoms with Crippen LogP contribution in [0.5, 0.6) is 0 Å². The number of fused-ring (bicyclic) bond motifs is 3. The Hall–Kier alpha value is -2.98. The average molecular weight is 439 g/mol. The molecular weight excluding hydrogens is 412 g/mol. The van der Waals surface area contributed by atoms with Crippen molar-refractivity contribution in [2.75, 3.05) is 32.4 Å². The summed E-state index contributed by atoms with van der Waals surface area (Å²) < 4.78 is 0.997. The van der Waals surface area contributed by atoms with E-state index in [9.17, 15) is 4.79 Å². The van der Waals surface area contributed by atoms with Gasteiger partial charge in [0.15, 0.2) is 5.82 Å². The molecule has 162 valence electrons. The number of likely N-dealkylation sites (tertiary alicyclic amines) is 1. The minimum Gasteiger partial charge on any atom is -0.382 e. The van der Waals surface area contributed by atoms with Crippen LogP contribution in [0.15, 0.2) is 18.3 Å². The van der Waals surface area contributed by atoms with E-state index in [-0.39, 0.29) is 11.8 Å². The SMILES string of the molecule is CCN(Cc1nc2c(N)nc3cc(-c4ccn[nH]4)sc3c2[nH]1)C(=O)C1CCN(C)CC1. The Morgan fingerprint density at radius 2 is 2.16 bits per heavy atom. The summed E-state index contributed by atoms with van der Waals surface area (Å²) in [5.74, 6) is 1.43. The molecule has 1 aliphatic rings. The maximum atomic E-state index is 13.1. The molecule has 9 nitrogen and oxygen atoms in total. The summed E-state index contributed by atoms with van der Waals surface area (Å²) in [7, 11) is 2.11. The zero-order valence-electron chi connectivity index (χ0n) is 17.7. The molecule has 31 heavy (non-hydrogen) atoms. The van der Waals surface area contributed by atoms with E-state index < -0.39 is 0 Å². The van der Waals surface area contributed by atoms with E-state index in [0.717, 1.165) is 58.1 Å². The molecule has 5 heterocycles. The number of nitrogens with one attached hydrogen (secondary N) is 2. The molecule has 10 heteroatoms. The van der Waals surface area contributed by atoms with E-state index in [1.807, 2.05) is 24.0 Å². The van der Waals surface area contributed by atoms with E-state index in [1.54, 1.807) is 17.5 Å². The van der Waals surface area contributed by atoms with Crippen LogP contribution in [0, 0.1) is 5.92 Å². The standard InChI is InChI=1S/C21H26N8OS/c1-3-29(21(30)12-5-8-28(2)9-6-12)11-16-25-17-18(26-16)20(22)24-14-10-15(31-19(14)17)13-4-7-23-27-13/h4,7,10,12H,3,5-6,8-9,11H2,1-2H3,(H2,22,24)(H,23,27)(H,25,26). The van der Waals surface area contributed by atoms with Gasteiger partial charge < -0.3 is 20.5 Å². The van der Waals surface area contributed by atoms with E-state index in [4.69, 9.17) is 10.7 Å². The molecule has 5 rings (SSSR count). The van der Waals surface area contributed by atoms with Gasteiger partial charge in [0.05, 0.1) is 32.8 Å². The van der Waals surface area contributed by atoms with Crippen LogP contribution >= 0.6 is 11.3 Å². The first kappa shape index (κ1) is 20.0. The van der Waals surface area contributed by atoms with Gasteiger partial charge >= 0.3 is 0 Å².